The number of nitrogens with one attached hydrogen (secondary N) is 1. The van der Waals surface area contributed by atoms with Gasteiger partial charge in [0, 0.05) is 7.11 Å². The molecule has 0 unspecified atom stereocenters. The average Bonchev–Trinajstić information content (AvgIpc) is 2.83. The topological polar surface area (TPSA) is 114 Å². The van der Waals surface area contributed by atoms with Crippen molar-refractivity contribution in [1.82, 2.24) is 5.32 Å². The average molecular weight is 339 g/mol. The molecule has 1 fully saturated rings. The monoisotopic (exact) mass is 339 g/mol. The summed E-state index contributed by atoms with van der Waals surface area (Å²) in [5.41, 5.74) is 0.798. The summed E-state index contributed by atoms with van der Waals surface area (Å²) in [6.45, 7) is 0.0467. The maximum Gasteiger partial charge on any atom is 0.407 e. The zero-order chi connectivity index (χ0) is 17.7. The van der Waals surface area contributed by atoms with Gasteiger partial charge in [-0.1, -0.05) is 30.3 Å². The SMILES string of the molecule is COC(=O)[C@@H]1[C@@H](O)[C@@H](O)[C@H](OC)[C@H]1NC(=O)OCc1ccccc1. The van der Waals surface area contributed by atoms with Crippen molar-refractivity contribution in [3.05, 3.63) is 35.9 Å². The minimum atomic E-state index is -1.41. The number of methoxy groups -OCH3 is 2. The van der Waals surface area contributed by atoms with E-state index < -0.39 is 42.3 Å². The zero-order valence-electron chi connectivity index (χ0n) is 13.4. The molecule has 5 atom stereocenters. The standard InChI is InChI=1S/C16H21NO7/c1-22-14-11(10(15(20)23-2)12(18)13(14)19)17-16(21)24-8-9-6-4-3-5-7-9/h3-7,10-14,18-19H,8H2,1-2H3,(H,17,21)/t10-,11-,12+,13+,14+/m0/s1. The first-order valence-corrected chi connectivity index (χ1v) is 7.43. The predicted octanol–water partition coefficient (Wildman–Crippen LogP) is -0.179. The third-order valence-electron chi connectivity index (χ3n) is 4.04. The summed E-state index contributed by atoms with van der Waals surface area (Å²) in [6, 6.07) is 8.09. The van der Waals surface area contributed by atoms with E-state index in [1.807, 2.05) is 18.2 Å². The maximum absolute atomic E-state index is 12.0. The lowest BCUT2D eigenvalue weighted by molar-refractivity contribution is -0.150. The minimum absolute atomic E-state index is 0.0467. The van der Waals surface area contributed by atoms with E-state index in [1.54, 1.807) is 12.1 Å². The van der Waals surface area contributed by atoms with Gasteiger partial charge in [-0.05, 0) is 5.56 Å². The van der Waals surface area contributed by atoms with Gasteiger partial charge in [0.25, 0.3) is 0 Å². The molecule has 0 bridgehead atoms. The van der Waals surface area contributed by atoms with E-state index in [0.29, 0.717) is 0 Å². The molecule has 0 aromatic heterocycles. The van der Waals surface area contributed by atoms with Gasteiger partial charge in [0.15, 0.2) is 0 Å². The molecule has 1 aliphatic rings. The number of carbonyl (C=O) groups is 2. The lowest BCUT2D eigenvalue weighted by Gasteiger charge is -2.23. The van der Waals surface area contributed by atoms with Crippen molar-refractivity contribution < 1.29 is 34.0 Å². The molecule has 2 rings (SSSR count). The molecule has 1 aliphatic carbocycles. The van der Waals surface area contributed by atoms with Gasteiger partial charge < -0.3 is 29.7 Å². The second-order valence-electron chi connectivity index (χ2n) is 5.46. The highest BCUT2D eigenvalue weighted by Gasteiger charge is 2.54. The van der Waals surface area contributed by atoms with Crippen LogP contribution in [0.25, 0.3) is 0 Å². The molecule has 3 N–H and O–H groups in total. The zero-order valence-corrected chi connectivity index (χ0v) is 13.4. The van der Waals surface area contributed by atoms with E-state index in [9.17, 15) is 19.8 Å². The summed E-state index contributed by atoms with van der Waals surface area (Å²) in [5.74, 6) is -1.91. The molecular weight excluding hydrogens is 318 g/mol. The Morgan fingerprint density at radius 2 is 1.79 bits per heavy atom. The molecule has 1 aromatic rings. The van der Waals surface area contributed by atoms with Crippen LogP contribution in [-0.4, -0.2) is 60.8 Å². The molecule has 0 spiro atoms. The normalized spacial score (nSPS) is 29.1. The second kappa shape index (κ2) is 8.09. The third kappa shape index (κ3) is 3.84. The van der Waals surface area contributed by atoms with Gasteiger partial charge in [0.1, 0.15) is 24.7 Å². The first kappa shape index (κ1) is 18.2. The molecule has 0 aliphatic heterocycles. The Hall–Kier alpha value is -2.16. The number of hydrogen-bond donors (Lipinski definition) is 3. The number of benzene rings is 1. The van der Waals surface area contributed by atoms with Crippen molar-refractivity contribution >= 4 is 12.1 Å². The molecule has 1 amide bonds. The smallest absolute Gasteiger partial charge is 0.407 e. The van der Waals surface area contributed by atoms with Crippen molar-refractivity contribution in [2.45, 2.75) is 31.0 Å². The highest BCUT2D eigenvalue weighted by Crippen LogP contribution is 2.30. The molecule has 1 saturated carbocycles. The van der Waals surface area contributed by atoms with E-state index in [0.717, 1.165) is 12.7 Å². The summed E-state index contributed by atoms with van der Waals surface area (Å²) < 4.78 is 14.8. The van der Waals surface area contributed by atoms with Crippen molar-refractivity contribution in [3.8, 4) is 0 Å². The Morgan fingerprint density at radius 1 is 1.12 bits per heavy atom. The van der Waals surface area contributed by atoms with Crippen LogP contribution in [0.1, 0.15) is 5.56 Å². The van der Waals surface area contributed by atoms with Gasteiger partial charge in [-0.25, -0.2) is 4.79 Å². The fourth-order valence-electron chi connectivity index (χ4n) is 2.82. The molecule has 0 saturated heterocycles. The molecule has 132 valence electrons. The Bertz CT molecular complexity index is 565. The number of alkyl carbamates (subject to hydrolysis) is 1. The Morgan fingerprint density at radius 3 is 2.38 bits per heavy atom. The van der Waals surface area contributed by atoms with E-state index in [4.69, 9.17) is 9.47 Å². The molecule has 8 nitrogen and oxygen atoms in total. The summed E-state index contributed by atoms with van der Waals surface area (Å²) in [5, 5.41) is 22.5. The van der Waals surface area contributed by atoms with Crippen LogP contribution in [0.5, 0.6) is 0 Å². The second-order valence-corrected chi connectivity index (χ2v) is 5.46. The number of carbonyl (C=O) groups excluding carboxylic acids is 2. The highest BCUT2D eigenvalue weighted by molar-refractivity contribution is 5.77. The molecule has 8 heteroatoms. The largest absolute Gasteiger partial charge is 0.469 e. The first-order valence-electron chi connectivity index (χ1n) is 7.43. The Kier molecular flexibility index (Phi) is 6.13. The van der Waals surface area contributed by atoms with Crippen molar-refractivity contribution in [2.75, 3.05) is 14.2 Å². The van der Waals surface area contributed by atoms with Crippen LogP contribution in [0, 0.1) is 5.92 Å². The summed E-state index contributed by atoms with van der Waals surface area (Å²) in [6.07, 6.45) is -4.50. The molecule has 24 heavy (non-hydrogen) atoms. The fourth-order valence-corrected chi connectivity index (χ4v) is 2.82. The number of esters is 1. The van der Waals surface area contributed by atoms with E-state index in [2.05, 4.69) is 10.1 Å². The van der Waals surface area contributed by atoms with E-state index >= 15 is 0 Å². The van der Waals surface area contributed by atoms with Crippen LogP contribution in [0.3, 0.4) is 0 Å². The van der Waals surface area contributed by atoms with Crippen LogP contribution < -0.4 is 5.32 Å². The van der Waals surface area contributed by atoms with Gasteiger partial charge in [0.05, 0.1) is 19.3 Å². The van der Waals surface area contributed by atoms with Gasteiger partial charge in [0.2, 0.25) is 0 Å². The van der Waals surface area contributed by atoms with Gasteiger partial charge in [-0.3, -0.25) is 4.79 Å². The number of hydrogen-bond acceptors (Lipinski definition) is 7. The molecule has 0 radical (unpaired) electrons. The Balaban J connectivity index is 2.03. The predicted molar refractivity (Wildman–Crippen MR) is 81.9 cm³/mol. The van der Waals surface area contributed by atoms with Crippen LogP contribution in [0.15, 0.2) is 30.3 Å². The van der Waals surface area contributed by atoms with Gasteiger partial charge in [-0.2, -0.15) is 0 Å². The maximum atomic E-state index is 12.0. The number of ether oxygens (including phenoxy) is 3. The van der Waals surface area contributed by atoms with Crippen LogP contribution in [0.4, 0.5) is 4.79 Å². The van der Waals surface area contributed by atoms with Crippen molar-refractivity contribution in [3.63, 3.8) is 0 Å². The van der Waals surface area contributed by atoms with Crippen LogP contribution in [0.2, 0.25) is 0 Å². The molecular formula is C16H21NO7. The molecule has 0 heterocycles. The number of aliphatic hydroxyl groups excluding tert-OH is 2. The van der Waals surface area contributed by atoms with Gasteiger partial charge >= 0.3 is 12.1 Å². The third-order valence-corrected chi connectivity index (χ3v) is 4.04. The van der Waals surface area contributed by atoms with E-state index in [-0.39, 0.29) is 6.61 Å². The van der Waals surface area contributed by atoms with Crippen molar-refractivity contribution in [2.24, 2.45) is 5.92 Å². The fraction of sp³-hybridized carbons (Fsp3) is 0.500. The van der Waals surface area contributed by atoms with Crippen LogP contribution in [-0.2, 0) is 25.6 Å². The first-order chi connectivity index (χ1) is 11.5. The number of rotatable bonds is 5. The molecule has 1 aromatic carbocycles. The Labute approximate surface area is 139 Å². The summed E-state index contributed by atoms with van der Waals surface area (Å²) in [4.78, 5) is 23.9. The number of amides is 1. The summed E-state index contributed by atoms with van der Waals surface area (Å²) >= 11 is 0. The quantitative estimate of drug-likeness (QED) is 0.638. The number of aliphatic hydroxyl groups is 2. The highest BCUT2D eigenvalue weighted by atomic mass is 16.6. The van der Waals surface area contributed by atoms with E-state index in [1.165, 1.54) is 7.11 Å². The lowest BCUT2D eigenvalue weighted by atomic mass is 10.0. The van der Waals surface area contributed by atoms with Gasteiger partial charge in [-0.15, -0.1) is 0 Å². The lowest BCUT2D eigenvalue weighted by Crippen LogP contribution is -2.49. The minimum Gasteiger partial charge on any atom is -0.469 e. The van der Waals surface area contributed by atoms with Crippen LogP contribution >= 0.6 is 0 Å². The van der Waals surface area contributed by atoms with Crippen molar-refractivity contribution in [1.29, 1.82) is 0 Å². The summed E-state index contributed by atoms with van der Waals surface area (Å²) in [7, 11) is 2.47.